The number of aliphatic hydroxyl groups is 1. The van der Waals surface area contributed by atoms with Crippen LogP contribution in [-0.2, 0) is 9.31 Å². The first-order valence-corrected chi connectivity index (χ1v) is 6.69. The van der Waals surface area contributed by atoms with E-state index in [0.29, 0.717) is 5.56 Å². The van der Waals surface area contributed by atoms with E-state index in [1.807, 2.05) is 27.7 Å². The summed E-state index contributed by atoms with van der Waals surface area (Å²) >= 11 is 0. The smallest absolute Gasteiger partial charge is 0.400 e. The van der Waals surface area contributed by atoms with E-state index in [4.69, 9.17) is 9.31 Å². The van der Waals surface area contributed by atoms with Crippen LogP contribution in [0.15, 0.2) is 36.3 Å². The molecule has 1 fully saturated rings. The van der Waals surface area contributed by atoms with Crippen LogP contribution in [0.4, 0.5) is 4.39 Å². The molecule has 1 aromatic rings. The van der Waals surface area contributed by atoms with Gasteiger partial charge in [-0.15, -0.1) is 0 Å². The molecule has 3 nitrogen and oxygen atoms in total. The second-order valence-electron chi connectivity index (χ2n) is 6.01. The number of benzene rings is 1. The Bertz CT molecular complexity index is 480. The fourth-order valence-electron chi connectivity index (χ4n) is 1.93. The van der Waals surface area contributed by atoms with Crippen molar-refractivity contribution in [1.82, 2.24) is 0 Å². The van der Waals surface area contributed by atoms with Gasteiger partial charge in [-0.3, -0.25) is 0 Å². The maximum absolute atomic E-state index is 12.8. The molecule has 0 bridgehead atoms. The molecule has 0 saturated carbocycles. The Labute approximate surface area is 119 Å². The standard InChI is InChI=1S/C15H20BFO3/c1-14(2)15(3,4)20-16(19-14)10-9-13(18)11-5-7-12(17)8-6-11/h5-10,13,18H,1-4H3/b10-9+. The lowest BCUT2D eigenvalue weighted by Gasteiger charge is -2.32. The van der Waals surface area contributed by atoms with Gasteiger partial charge in [0.25, 0.3) is 0 Å². The van der Waals surface area contributed by atoms with Gasteiger partial charge < -0.3 is 14.4 Å². The van der Waals surface area contributed by atoms with Gasteiger partial charge in [0.2, 0.25) is 0 Å². The normalized spacial score (nSPS) is 22.4. The van der Waals surface area contributed by atoms with Gasteiger partial charge in [-0.05, 0) is 45.4 Å². The van der Waals surface area contributed by atoms with Crippen molar-refractivity contribution in [1.29, 1.82) is 0 Å². The van der Waals surface area contributed by atoms with Crippen molar-refractivity contribution < 1.29 is 18.8 Å². The van der Waals surface area contributed by atoms with E-state index in [0.717, 1.165) is 0 Å². The minimum atomic E-state index is -0.811. The molecule has 1 N–H and O–H groups in total. The highest BCUT2D eigenvalue weighted by atomic mass is 19.1. The van der Waals surface area contributed by atoms with Crippen molar-refractivity contribution in [3.63, 3.8) is 0 Å². The second-order valence-corrected chi connectivity index (χ2v) is 6.01. The molecule has 0 aliphatic carbocycles. The first-order valence-electron chi connectivity index (χ1n) is 6.69. The van der Waals surface area contributed by atoms with Crippen LogP contribution < -0.4 is 0 Å². The zero-order valence-corrected chi connectivity index (χ0v) is 12.3. The zero-order chi connectivity index (χ0) is 15.0. The van der Waals surface area contributed by atoms with Crippen LogP contribution >= 0.6 is 0 Å². The topological polar surface area (TPSA) is 38.7 Å². The van der Waals surface area contributed by atoms with Crippen LogP contribution in [-0.4, -0.2) is 23.4 Å². The maximum atomic E-state index is 12.8. The minimum absolute atomic E-state index is 0.323. The molecule has 1 aliphatic rings. The van der Waals surface area contributed by atoms with Gasteiger partial charge in [0.1, 0.15) is 5.82 Å². The van der Waals surface area contributed by atoms with Crippen molar-refractivity contribution in [2.75, 3.05) is 0 Å². The quantitative estimate of drug-likeness (QED) is 0.864. The molecule has 1 aromatic carbocycles. The molecule has 0 aromatic heterocycles. The highest BCUT2D eigenvalue weighted by Crippen LogP contribution is 2.37. The predicted octanol–water partition coefficient (Wildman–Crippen LogP) is 3.05. The molecule has 0 radical (unpaired) electrons. The van der Waals surface area contributed by atoms with Gasteiger partial charge in [0.15, 0.2) is 0 Å². The molecule has 0 amide bonds. The number of halogens is 1. The number of rotatable bonds is 3. The lowest BCUT2D eigenvalue weighted by Crippen LogP contribution is -2.41. The van der Waals surface area contributed by atoms with E-state index < -0.39 is 24.4 Å². The zero-order valence-electron chi connectivity index (χ0n) is 12.3. The summed E-state index contributed by atoms with van der Waals surface area (Å²) in [5.41, 5.74) is -0.176. The number of aliphatic hydroxyl groups excluding tert-OH is 1. The van der Waals surface area contributed by atoms with Gasteiger partial charge in [-0.2, -0.15) is 0 Å². The van der Waals surface area contributed by atoms with Crippen LogP contribution in [0.5, 0.6) is 0 Å². The third-order valence-corrected chi connectivity index (χ3v) is 3.93. The maximum Gasteiger partial charge on any atom is 0.486 e. The summed E-state index contributed by atoms with van der Waals surface area (Å²) < 4.78 is 24.4. The molecule has 1 heterocycles. The lowest BCUT2D eigenvalue weighted by molar-refractivity contribution is 0.00578. The van der Waals surface area contributed by atoms with Gasteiger partial charge in [0.05, 0.1) is 17.3 Å². The van der Waals surface area contributed by atoms with Gasteiger partial charge in [0, 0.05) is 0 Å². The molecule has 108 valence electrons. The summed E-state index contributed by atoms with van der Waals surface area (Å²) in [5, 5.41) is 10.0. The first-order chi connectivity index (χ1) is 9.21. The van der Waals surface area contributed by atoms with Crippen molar-refractivity contribution >= 4 is 7.12 Å². The SMILES string of the molecule is CC1(C)OB(/C=C/C(O)c2ccc(F)cc2)OC1(C)C. The van der Waals surface area contributed by atoms with Crippen LogP contribution in [0, 0.1) is 5.82 Å². The van der Waals surface area contributed by atoms with E-state index in [9.17, 15) is 9.50 Å². The molecule has 1 saturated heterocycles. The average molecular weight is 278 g/mol. The molecule has 5 heteroatoms. The summed E-state index contributed by atoms with van der Waals surface area (Å²) in [5.74, 6) is 1.36. The average Bonchev–Trinajstić information content (AvgIpc) is 2.56. The van der Waals surface area contributed by atoms with Gasteiger partial charge >= 0.3 is 7.12 Å². The predicted molar refractivity (Wildman–Crippen MR) is 76.6 cm³/mol. The Morgan fingerprint density at radius 2 is 1.60 bits per heavy atom. The fraction of sp³-hybridized carbons (Fsp3) is 0.467. The Balaban J connectivity index is 2.02. The van der Waals surface area contributed by atoms with Crippen molar-refractivity contribution in [3.8, 4) is 0 Å². The van der Waals surface area contributed by atoms with E-state index >= 15 is 0 Å². The van der Waals surface area contributed by atoms with Crippen molar-refractivity contribution in [3.05, 3.63) is 47.7 Å². The van der Waals surface area contributed by atoms with E-state index in [-0.39, 0.29) is 5.82 Å². The molecule has 0 spiro atoms. The first kappa shape index (κ1) is 15.2. The molecule has 1 atom stereocenters. The number of hydrogen-bond acceptors (Lipinski definition) is 3. The fourth-order valence-corrected chi connectivity index (χ4v) is 1.93. The Kier molecular flexibility index (Phi) is 4.05. The minimum Gasteiger partial charge on any atom is -0.400 e. The summed E-state index contributed by atoms with van der Waals surface area (Å²) in [4.78, 5) is 0. The summed E-state index contributed by atoms with van der Waals surface area (Å²) in [7, 11) is -0.491. The van der Waals surface area contributed by atoms with E-state index in [2.05, 4.69) is 0 Å². The Morgan fingerprint density at radius 1 is 1.10 bits per heavy atom. The van der Waals surface area contributed by atoms with Crippen LogP contribution in [0.2, 0.25) is 0 Å². The molecular weight excluding hydrogens is 258 g/mol. The molecule has 1 aliphatic heterocycles. The molecule has 2 rings (SSSR count). The van der Waals surface area contributed by atoms with Gasteiger partial charge in [-0.1, -0.05) is 24.2 Å². The summed E-state index contributed by atoms with van der Waals surface area (Å²) in [6.07, 6.45) is 0.782. The molecular formula is C15H20BFO3. The largest absolute Gasteiger partial charge is 0.486 e. The van der Waals surface area contributed by atoms with Crippen molar-refractivity contribution in [2.45, 2.75) is 45.0 Å². The Morgan fingerprint density at radius 3 is 2.10 bits per heavy atom. The van der Waals surface area contributed by atoms with Crippen molar-refractivity contribution in [2.24, 2.45) is 0 Å². The van der Waals surface area contributed by atoms with E-state index in [1.165, 1.54) is 12.1 Å². The monoisotopic (exact) mass is 278 g/mol. The highest BCUT2D eigenvalue weighted by Gasteiger charge is 2.50. The summed E-state index contributed by atoms with van der Waals surface area (Å²) in [6.45, 7) is 7.88. The van der Waals surface area contributed by atoms with Crippen LogP contribution in [0.25, 0.3) is 0 Å². The third-order valence-electron chi connectivity index (χ3n) is 3.93. The summed E-state index contributed by atoms with van der Waals surface area (Å²) in [6, 6.07) is 5.74. The van der Waals surface area contributed by atoms with Crippen LogP contribution in [0.1, 0.15) is 39.4 Å². The van der Waals surface area contributed by atoms with Gasteiger partial charge in [-0.25, -0.2) is 4.39 Å². The lowest BCUT2D eigenvalue weighted by atomic mass is 9.89. The molecule has 20 heavy (non-hydrogen) atoms. The van der Waals surface area contributed by atoms with Crippen LogP contribution in [0.3, 0.4) is 0 Å². The van der Waals surface area contributed by atoms with E-state index in [1.54, 1.807) is 24.2 Å². The molecule has 1 unspecified atom stereocenters. The Hall–Kier alpha value is -1.17. The number of hydrogen-bond donors (Lipinski definition) is 1. The third kappa shape index (κ3) is 3.11. The highest BCUT2D eigenvalue weighted by molar-refractivity contribution is 6.51. The second kappa shape index (κ2) is 5.32.